The zero-order valence-corrected chi connectivity index (χ0v) is 40.8. The number of rotatable bonds is 13. The van der Waals surface area contributed by atoms with Crippen LogP contribution in [0.15, 0.2) is 46.7 Å². The van der Waals surface area contributed by atoms with E-state index >= 15 is 0 Å². The van der Waals surface area contributed by atoms with Gasteiger partial charge >= 0.3 is 11.4 Å². The summed E-state index contributed by atoms with van der Waals surface area (Å²) in [6.45, 7) is 18.1. The SMILES string of the molecule is CNC(=O)c1ccc(C)c(Nc2nc(SC)nc(Cl)c2[N+](=O)[O-])c1.CNC(=O)c1ccc(C)c(Nc2nc(SC)nc(N(C)CC(C)(C)C)c2[N+](=O)[O-])c1.CNCC(C)(C)C.Cl. The maximum absolute atomic E-state index is 12.0. The van der Waals surface area contributed by atoms with Gasteiger partial charge in [-0.2, -0.15) is 15.0 Å². The third kappa shape index (κ3) is 16.7. The molecule has 2 heterocycles. The van der Waals surface area contributed by atoms with Crippen LogP contribution >= 0.6 is 47.5 Å². The van der Waals surface area contributed by atoms with Gasteiger partial charge in [0.1, 0.15) is 0 Å². The zero-order valence-electron chi connectivity index (χ0n) is 37.6. The molecule has 0 spiro atoms. The normalized spacial score (nSPS) is 10.8. The highest BCUT2D eigenvalue weighted by Gasteiger charge is 2.30. The van der Waals surface area contributed by atoms with E-state index in [2.05, 4.69) is 88.1 Å². The number of amides is 2. The molecule has 2 aromatic heterocycles. The highest BCUT2D eigenvalue weighted by Crippen LogP contribution is 2.38. The van der Waals surface area contributed by atoms with Crippen molar-refractivity contribution < 1.29 is 19.4 Å². The Morgan fingerprint density at radius 2 is 1.15 bits per heavy atom. The van der Waals surface area contributed by atoms with Crippen molar-refractivity contribution in [2.75, 3.05) is 69.3 Å². The van der Waals surface area contributed by atoms with Gasteiger partial charge in [0.15, 0.2) is 10.3 Å². The van der Waals surface area contributed by atoms with Gasteiger partial charge in [-0.15, -0.1) is 12.4 Å². The van der Waals surface area contributed by atoms with E-state index in [0.717, 1.165) is 17.7 Å². The molecule has 0 bridgehead atoms. The molecule has 0 aliphatic carbocycles. The predicted molar refractivity (Wildman–Crippen MR) is 255 cm³/mol. The summed E-state index contributed by atoms with van der Waals surface area (Å²) >= 11 is 8.42. The van der Waals surface area contributed by atoms with Gasteiger partial charge in [-0.3, -0.25) is 29.8 Å². The Balaban J connectivity index is 0.000000538. The number of carbonyl (C=O) groups excluding carboxylic acids is 2. The summed E-state index contributed by atoms with van der Waals surface area (Å²) in [5.74, 6) is -0.200. The molecule has 62 heavy (non-hydrogen) atoms. The number of hydrogen-bond donors (Lipinski definition) is 5. The lowest BCUT2D eigenvalue weighted by Gasteiger charge is -2.27. The van der Waals surface area contributed by atoms with Crippen molar-refractivity contribution in [3.63, 3.8) is 0 Å². The third-order valence-electron chi connectivity index (χ3n) is 8.14. The second-order valence-corrected chi connectivity index (χ2v) is 17.8. The third-order valence-corrected chi connectivity index (χ3v) is 9.50. The first-order valence-corrected chi connectivity index (χ1v) is 21.6. The fraction of sp³-hybridized carbons (Fsp3) is 0.450. The van der Waals surface area contributed by atoms with Gasteiger partial charge < -0.3 is 31.5 Å². The molecule has 18 nitrogen and oxygen atoms in total. The fourth-order valence-electron chi connectivity index (χ4n) is 5.44. The van der Waals surface area contributed by atoms with Crippen LogP contribution in [0.4, 0.5) is 40.2 Å². The smallest absolute Gasteiger partial charge is 0.353 e. The monoisotopic (exact) mass is 936 g/mol. The van der Waals surface area contributed by atoms with Crippen LogP contribution in [0.5, 0.6) is 0 Å². The highest BCUT2D eigenvalue weighted by molar-refractivity contribution is 7.98. The van der Waals surface area contributed by atoms with Crippen molar-refractivity contribution in [1.29, 1.82) is 0 Å². The topological polar surface area (TPSA) is 235 Å². The molecule has 22 heteroatoms. The van der Waals surface area contributed by atoms with Crippen LogP contribution in [0.25, 0.3) is 0 Å². The minimum atomic E-state index is -0.646. The molecule has 0 fully saturated rings. The molecule has 0 unspecified atom stereocenters. The van der Waals surface area contributed by atoms with Gasteiger partial charge in [0.25, 0.3) is 11.8 Å². The highest BCUT2D eigenvalue weighted by atomic mass is 35.5. The second kappa shape index (κ2) is 24.6. The van der Waals surface area contributed by atoms with Gasteiger partial charge in [-0.25, -0.2) is 4.98 Å². The van der Waals surface area contributed by atoms with E-state index in [4.69, 9.17) is 11.6 Å². The van der Waals surface area contributed by atoms with Crippen LogP contribution in [0, 0.1) is 44.9 Å². The van der Waals surface area contributed by atoms with Crippen molar-refractivity contribution in [2.24, 2.45) is 10.8 Å². The molecule has 0 aliphatic rings. The van der Waals surface area contributed by atoms with Crippen LogP contribution in [0.2, 0.25) is 5.15 Å². The molecule has 5 N–H and O–H groups in total. The molecular weight excluding hydrogens is 880 g/mol. The maximum Gasteiger partial charge on any atom is 0.353 e. The Labute approximate surface area is 383 Å². The van der Waals surface area contributed by atoms with Crippen molar-refractivity contribution in [1.82, 2.24) is 35.9 Å². The van der Waals surface area contributed by atoms with Crippen LogP contribution in [-0.4, -0.2) is 95.4 Å². The van der Waals surface area contributed by atoms with Gasteiger partial charge in [0.05, 0.1) is 9.85 Å². The van der Waals surface area contributed by atoms with E-state index in [0.29, 0.717) is 44.8 Å². The van der Waals surface area contributed by atoms with Crippen LogP contribution in [-0.2, 0) is 0 Å². The Morgan fingerprint density at radius 1 is 0.726 bits per heavy atom. The van der Waals surface area contributed by atoms with Crippen molar-refractivity contribution in [3.05, 3.63) is 84.0 Å². The van der Waals surface area contributed by atoms with Crippen LogP contribution in [0.1, 0.15) is 73.4 Å². The molecular formula is C40H58Cl2N12O6S2. The van der Waals surface area contributed by atoms with Crippen LogP contribution < -0.4 is 31.5 Å². The molecule has 2 aromatic carbocycles. The minimum absolute atomic E-state index is 0. The quantitative estimate of drug-likeness (QED) is 0.0277. The lowest BCUT2D eigenvalue weighted by atomic mass is 9.96. The number of aromatic nitrogens is 4. The molecule has 0 aliphatic heterocycles. The molecule has 0 atom stereocenters. The number of aryl methyl sites for hydroxylation is 2. The van der Waals surface area contributed by atoms with E-state index < -0.39 is 15.5 Å². The molecule has 0 radical (unpaired) electrons. The fourth-order valence-corrected chi connectivity index (χ4v) is 6.45. The van der Waals surface area contributed by atoms with Crippen molar-refractivity contribution in [2.45, 2.75) is 65.7 Å². The number of carbonyl (C=O) groups is 2. The average Bonchev–Trinajstić information content (AvgIpc) is 3.17. The van der Waals surface area contributed by atoms with Gasteiger partial charge in [0.2, 0.25) is 22.6 Å². The number of nitro groups is 2. The molecule has 4 aromatic rings. The maximum atomic E-state index is 12.0. The summed E-state index contributed by atoms with van der Waals surface area (Å²) < 4.78 is 0. The number of thioether (sulfide) groups is 2. The molecule has 0 saturated carbocycles. The molecule has 0 saturated heterocycles. The van der Waals surface area contributed by atoms with E-state index in [1.165, 1.54) is 30.6 Å². The number of benzene rings is 2. The largest absolute Gasteiger partial charge is 0.355 e. The first kappa shape index (κ1) is 55.0. The second-order valence-electron chi connectivity index (χ2n) is 15.9. The summed E-state index contributed by atoms with van der Waals surface area (Å²) in [6.07, 6.45) is 3.55. The Kier molecular flexibility index (Phi) is 21.8. The Hall–Kier alpha value is -5.02. The lowest BCUT2D eigenvalue weighted by molar-refractivity contribution is -0.384. The minimum Gasteiger partial charge on any atom is -0.355 e. The Bertz CT molecular complexity index is 2200. The average molecular weight is 938 g/mol. The Morgan fingerprint density at radius 3 is 1.48 bits per heavy atom. The van der Waals surface area contributed by atoms with E-state index in [1.54, 1.807) is 68.6 Å². The molecule has 2 amide bonds. The zero-order chi connectivity index (χ0) is 46.4. The number of anilines is 5. The summed E-state index contributed by atoms with van der Waals surface area (Å²) in [5.41, 5.74) is 3.28. The summed E-state index contributed by atoms with van der Waals surface area (Å²) in [5, 5.41) is 37.9. The lowest BCUT2D eigenvalue weighted by Crippen LogP contribution is -2.30. The van der Waals surface area contributed by atoms with Crippen molar-refractivity contribution >= 4 is 99.5 Å². The summed E-state index contributed by atoms with van der Waals surface area (Å²) in [7, 11) is 6.83. The van der Waals surface area contributed by atoms with E-state index in [1.807, 2.05) is 20.2 Å². The summed E-state index contributed by atoms with van der Waals surface area (Å²) in [6, 6.07) is 10.1. The first-order chi connectivity index (χ1) is 28.4. The standard InChI is InChI=1S/C20H28N6O3S.C14H14ClN5O3S.C6H15N.ClH/c1-12-8-9-13(18(27)21-5)10-14(12)22-16-15(26(28)29)17(24-19(23-16)30-7)25(6)11-20(2,3)4;1-7-4-5-8(13(21)16-2)6-9(7)17-12-10(20(22)23)11(15)18-14(19-12)24-3;1-6(2,3)5-7-4;/h8-10H,11H2,1-7H3,(H,21,27)(H,22,23,24);4-6H,1-3H3,(H,16,21)(H,17,18,19);7H,5H2,1-4H3;1H. The van der Waals surface area contributed by atoms with Gasteiger partial charge in [-0.05, 0) is 86.2 Å². The number of halogens is 2. The van der Waals surface area contributed by atoms with Crippen molar-refractivity contribution in [3.8, 4) is 0 Å². The molecule has 340 valence electrons. The number of nitrogens with one attached hydrogen (secondary N) is 5. The van der Waals surface area contributed by atoms with Gasteiger partial charge in [-0.1, -0.05) is 88.8 Å². The summed E-state index contributed by atoms with van der Waals surface area (Å²) in [4.78, 5) is 64.4. The van der Waals surface area contributed by atoms with Gasteiger partial charge in [0, 0.05) is 50.2 Å². The van der Waals surface area contributed by atoms with E-state index in [9.17, 15) is 29.8 Å². The first-order valence-electron chi connectivity index (χ1n) is 18.8. The van der Waals surface area contributed by atoms with Crippen LogP contribution in [0.3, 0.4) is 0 Å². The number of hydrogen-bond acceptors (Lipinski definition) is 16. The van der Waals surface area contributed by atoms with E-state index in [-0.39, 0.29) is 57.9 Å². The number of nitrogens with zero attached hydrogens (tertiary/aromatic N) is 7. The molecule has 4 rings (SSSR count). The predicted octanol–water partition coefficient (Wildman–Crippen LogP) is 8.85.